The van der Waals surface area contributed by atoms with Gasteiger partial charge in [0.1, 0.15) is 11.5 Å². The van der Waals surface area contributed by atoms with E-state index in [2.05, 4.69) is 5.32 Å². The maximum Gasteiger partial charge on any atom is 0.227 e. The third-order valence-electron chi connectivity index (χ3n) is 3.99. The molecule has 0 radical (unpaired) electrons. The van der Waals surface area contributed by atoms with Crippen molar-refractivity contribution in [1.82, 2.24) is 5.32 Å². The fourth-order valence-electron chi connectivity index (χ4n) is 2.34. The predicted octanol–water partition coefficient (Wildman–Crippen LogP) is 4.11. The minimum Gasteiger partial charge on any atom is -0.457 e. The fraction of sp³-hybridized carbons (Fsp3) is 0.316. The molecule has 0 saturated heterocycles. The standard InChI is InChI=1S/C19H21NO2/c1-14(19(21)20-13-15-10-11-15)16-6-5-9-18(12-16)22-17-7-3-2-4-8-17/h2-9,12,14-15H,10-11,13H2,1H3,(H,20,21). The number of ether oxygens (including phenoxy) is 1. The molecule has 3 heteroatoms. The first-order chi connectivity index (χ1) is 10.7. The van der Waals surface area contributed by atoms with Gasteiger partial charge in [0, 0.05) is 6.54 Å². The fourth-order valence-corrected chi connectivity index (χ4v) is 2.34. The quantitative estimate of drug-likeness (QED) is 0.871. The predicted molar refractivity (Wildman–Crippen MR) is 87.1 cm³/mol. The van der Waals surface area contributed by atoms with E-state index < -0.39 is 0 Å². The summed E-state index contributed by atoms with van der Waals surface area (Å²) >= 11 is 0. The van der Waals surface area contributed by atoms with Gasteiger partial charge >= 0.3 is 0 Å². The van der Waals surface area contributed by atoms with Crippen molar-refractivity contribution in [2.45, 2.75) is 25.7 Å². The third-order valence-corrected chi connectivity index (χ3v) is 3.99. The molecule has 3 nitrogen and oxygen atoms in total. The second-order valence-electron chi connectivity index (χ2n) is 5.90. The molecule has 1 fully saturated rings. The van der Waals surface area contributed by atoms with E-state index in [0.717, 1.165) is 23.6 Å². The molecule has 1 N–H and O–H groups in total. The van der Waals surface area contributed by atoms with E-state index in [9.17, 15) is 4.79 Å². The number of hydrogen-bond donors (Lipinski definition) is 1. The first-order valence-corrected chi connectivity index (χ1v) is 7.83. The normalized spacial score (nSPS) is 15.1. The Morgan fingerprint density at radius 2 is 1.86 bits per heavy atom. The topological polar surface area (TPSA) is 38.3 Å². The first-order valence-electron chi connectivity index (χ1n) is 7.83. The van der Waals surface area contributed by atoms with Crippen LogP contribution in [0.3, 0.4) is 0 Å². The van der Waals surface area contributed by atoms with Gasteiger partial charge in [-0.2, -0.15) is 0 Å². The lowest BCUT2D eigenvalue weighted by molar-refractivity contribution is -0.122. The van der Waals surface area contributed by atoms with Gasteiger partial charge in [0.25, 0.3) is 0 Å². The van der Waals surface area contributed by atoms with Crippen LogP contribution >= 0.6 is 0 Å². The van der Waals surface area contributed by atoms with Crippen LogP contribution in [-0.2, 0) is 4.79 Å². The number of hydrogen-bond acceptors (Lipinski definition) is 2. The van der Waals surface area contributed by atoms with Crippen molar-refractivity contribution >= 4 is 5.91 Å². The number of nitrogens with one attached hydrogen (secondary N) is 1. The first kappa shape index (κ1) is 14.6. The Bertz CT molecular complexity index is 635. The molecule has 1 amide bonds. The molecule has 114 valence electrons. The van der Waals surface area contributed by atoms with Crippen LogP contribution in [0.5, 0.6) is 11.5 Å². The summed E-state index contributed by atoms with van der Waals surface area (Å²) in [4.78, 5) is 12.2. The van der Waals surface area contributed by atoms with Crippen molar-refractivity contribution in [3.05, 3.63) is 60.2 Å². The van der Waals surface area contributed by atoms with Crippen molar-refractivity contribution in [2.75, 3.05) is 6.54 Å². The molecule has 1 unspecified atom stereocenters. The lowest BCUT2D eigenvalue weighted by atomic mass is 10.00. The SMILES string of the molecule is CC(C(=O)NCC1CC1)c1cccc(Oc2ccccc2)c1. The van der Waals surface area contributed by atoms with Crippen molar-refractivity contribution in [3.63, 3.8) is 0 Å². The molecule has 1 aliphatic rings. The number of rotatable bonds is 6. The Morgan fingerprint density at radius 1 is 1.14 bits per heavy atom. The minimum absolute atomic E-state index is 0.0868. The molecular formula is C19H21NO2. The summed E-state index contributed by atoms with van der Waals surface area (Å²) < 4.78 is 5.83. The maximum atomic E-state index is 12.2. The second kappa shape index (κ2) is 6.65. The van der Waals surface area contributed by atoms with Gasteiger partial charge in [-0.1, -0.05) is 30.3 Å². The van der Waals surface area contributed by atoms with E-state index in [-0.39, 0.29) is 11.8 Å². The molecule has 0 aliphatic heterocycles. The average molecular weight is 295 g/mol. The van der Waals surface area contributed by atoms with Gasteiger partial charge in [0.15, 0.2) is 0 Å². The van der Waals surface area contributed by atoms with Gasteiger partial charge in [-0.05, 0) is 55.5 Å². The highest BCUT2D eigenvalue weighted by molar-refractivity contribution is 5.83. The molecule has 3 rings (SSSR count). The summed E-state index contributed by atoms with van der Waals surface area (Å²) in [6.45, 7) is 2.74. The zero-order valence-corrected chi connectivity index (χ0v) is 12.8. The zero-order valence-electron chi connectivity index (χ0n) is 12.8. The van der Waals surface area contributed by atoms with Gasteiger partial charge in [-0.15, -0.1) is 0 Å². The van der Waals surface area contributed by atoms with Gasteiger partial charge in [-0.25, -0.2) is 0 Å². The summed E-state index contributed by atoms with van der Waals surface area (Å²) in [7, 11) is 0. The molecule has 2 aromatic rings. The maximum absolute atomic E-state index is 12.2. The number of amides is 1. The summed E-state index contributed by atoms with van der Waals surface area (Å²) in [5.41, 5.74) is 0.974. The van der Waals surface area contributed by atoms with E-state index in [1.807, 2.05) is 61.5 Å². The molecule has 1 aliphatic carbocycles. The molecule has 1 saturated carbocycles. The van der Waals surface area contributed by atoms with E-state index >= 15 is 0 Å². The highest BCUT2D eigenvalue weighted by Gasteiger charge is 2.23. The van der Waals surface area contributed by atoms with Crippen LogP contribution in [-0.4, -0.2) is 12.5 Å². The second-order valence-corrected chi connectivity index (χ2v) is 5.90. The van der Waals surface area contributed by atoms with Crippen molar-refractivity contribution in [3.8, 4) is 11.5 Å². The Kier molecular flexibility index (Phi) is 4.42. The molecule has 1 atom stereocenters. The third kappa shape index (κ3) is 3.88. The van der Waals surface area contributed by atoms with E-state index in [4.69, 9.17) is 4.74 Å². The zero-order chi connectivity index (χ0) is 15.4. The highest BCUT2D eigenvalue weighted by atomic mass is 16.5. The summed E-state index contributed by atoms with van der Waals surface area (Å²) in [5.74, 6) is 2.17. The Balaban J connectivity index is 1.65. The van der Waals surface area contributed by atoms with Crippen molar-refractivity contribution in [2.24, 2.45) is 5.92 Å². The van der Waals surface area contributed by atoms with Gasteiger partial charge in [0.05, 0.1) is 5.92 Å². The molecular weight excluding hydrogens is 274 g/mol. The molecule has 0 heterocycles. The minimum atomic E-state index is -0.168. The Labute approximate surface area is 131 Å². The Morgan fingerprint density at radius 3 is 2.59 bits per heavy atom. The van der Waals surface area contributed by atoms with Crippen LogP contribution in [0.2, 0.25) is 0 Å². The molecule has 0 spiro atoms. The van der Waals surface area contributed by atoms with Crippen LogP contribution in [0.4, 0.5) is 0 Å². The van der Waals surface area contributed by atoms with Crippen LogP contribution in [0.15, 0.2) is 54.6 Å². The summed E-state index contributed by atoms with van der Waals surface area (Å²) in [5, 5.41) is 3.03. The van der Waals surface area contributed by atoms with Gasteiger partial charge in [-0.3, -0.25) is 4.79 Å². The van der Waals surface area contributed by atoms with Crippen LogP contribution < -0.4 is 10.1 Å². The molecule has 2 aromatic carbocycles. The van der Waals surface area contributed by atoms with Crippen LogP contribution in [0.1, 0.15) is 31.2 Å². The monoisotopic (exact) mass is 295 g/mol. The van der Waals surface area contributed by atoms with Crippen molar-refractivity contribution in [1.29, 1.82) is 0 Å². The van der Waals surface area contributed by atoms with E-state index in [1.165, 1.54) is 12.8 Å². The number of para-hydroxylation sites is 1. The lowest BCUT2D eigenvalue weighted by Crippen LogP contribution is -2.29. The van der Waals surface area contributed by atoms with Gasteiger partial charge < -0.3 is 10.1 Å². The number of carbonyl (C=O) groups excluding carboxylic acids is 1. The van der Waals surface area contributed by atoms with E-state index in [1.54, 1.807) is 0 Å². The van der Waals surface area contributed by atoms with Crippen LogP contribution in [0.25, 0.3) is 0 Å². The average Bonchev–Trinajstić information content (AvgIpc) is 3.37. The van der Waals surface area contributed by atoms with Gasteiger partial charge in [0.2, 0.25) is 5.91 Å². The highest BCUT2D eigenvalue weighted by Crippen LogP contribution is 2.28. The Hall–Kier alpha value is -2.29. The van der Waals surface area contributed by atoms with Crippen LogP contribution in [0, 0.1) is 5.92 Å². The number of carbonyl (C=O) groups is 1. The van der Waals surface area contributed by atoms with Crippen molar-refractivity contribution < 1.29 is 9.53 Å². The lowest BCUT2D eigenvalue weighted by Gasteiger charge is -2.14. The molecule has 22 heavy (non-hydrogen) atoms. The molecule has 0 aromatic heterocycles. The summed E-state index contributed by atoms with van der Waals surface area (Å²) in [6.07, 6.45) is 2.49. The number of benzene rings is 2. The summed E-state index contributed by atoms with van der Waals surface area (Å²) in [6, 6.07) is 17.4. The largest absolute Gasteiger partial charge is 0.457 e. The molecule has 0 bridgehead atoms. The van der Waals surface area contributed by atoms with E-state index in [0.29, 0.717) is 5.92 Å². The smallest absolute Gasteiger partial charge is 0.227 e.